The maximum absolute atomic E-state index is 5.58. The summed E-state index contributed by atoms with van der Waals surface area (Å²) in [6, 6.07) is 6.67. The molecule has 1 aliphatic rings. The van der Waals surface area contributed by atoms with Gasteiger partial charge in [0.2, 0.25) is 0 Å². The lowest BCUT2D eigenvalue weighted by molar-refractivity contribution is 0.235. The second-order valence-electron chi connectivity index (χ2n) is 5.70. The number of nitrogens with one attached hydrogen (secondary N) is 1. The van der Waals surface area contributed by atoms with E-state index in [-0.39, 0.29) is 0 Å². The van der Waals surface area contributed by atoms with Crippen LogP contribution in [0.5, 0.6) is 5.75 Å². The lowest BCUT2D eigenvalue weighted by Crippen LogP contribution is -2.22. The van der Waals surface area contributed by atoms with E-state index in [1.807, 2.05) is 6.07 Å². The Labute approximate surface area is 125 Å². The number of methoxy groups -OCH3 is 1. The molecule has 3 rings (SSSR count). The summed E-state index contributed by atoms with van der Waals surface area (Å²) in [6.45, 7) is 2.29. The maximum atomic E-state index is 5.58. The molecule has 2 aromatic rings. The molecule has 1 aliphatic carbocycles. The van der Waals surface area contributed by atoms with Crippen LogP contribution in [-0.4, -0.2) is 16.7 Å². The van der Waals surface area contributed by atoms with Crippen molar-refractivity contribution in [3.05, 3.63) is 23.0 Å². The van der Waals surface area contributed by atoms with E-state index in [1.54, 1.807) is 7.11 Å². The Balaban J connectivity index is 2.13. The van der Waals surface area contributed by atoms with Crippen molar-refractivity contribution in [1.82, 2.24) is 9.55 Å². The van der Waals surface area contributed by atoms with Gasteiger partial charge in [-0.05, 0) is 43.1 Å². The van der Waals surface area contributed by atoms with Gasteiger partial charge in [-0.25, -0.2) is 0 Å². The molecule has 0 bridgehead atoms. The lowest BCUT2D eigenvalue weighted by Gasteiger charge is -2.32. The van der Waals surface area contributed by atoms with E-state index in [0.29, 0.717) is 6.04 Å². The number of imidazole rings is 1. The number of benzene rings is 1. The molecule has 1 fully saturated rings. The topological polar surface area (TPSA) is 29.9 Å². The van der Waals surface area contributed by atoms with Crippen LogP contribution in [0.25, 0.3) is 11.0 Å². The first-order chi connectivity index (χ1) is 9.74. The molecule has 0 amide bonds. The summed E-state index contributed by atoms with van der Waals surface area (Å²) in [6.07, 6.45) is 6.44. The van der Waals surface area contributed by atoms with Crippen LogP contribution < -0.4 is 4.74 Å². The average molecular weight is 290 g/mol. The zero-order chi connectivity index (χ0) is 14.1. The summed E-state index contributed by atoms with van der Waals surface area (Å²) in [5.41, 5.74) is 2.29. The minimum absolute atomic E-state index is 0.530. The molecule has 0 aliphatic heterocycles. The third-order valence-electron chi connectivity index (χ3n) is 4.65. The van der Waals surface area contributed by atoms with Gasteiger partial charge in [-0.15, -0.1) is 0 Å². The normalized spacial score (nSPS) is 23.1. The first-order valence-corrected chi connectivity index (χ1v) is 7.93. The van der Waals surface area contributed by atoms with E-state index in [0.717, 1.165) is 22.0 Å². The van der Waals surface area contributed by atoms with Crippen LogP contribution in [0, 0.1) is 10.7 Å². The summed E-state index contributed by atoms with van der Waals surface area (Å²) >= 11 is 5.58. The van der Waals surface area contributed by atoms with Crippen LogP contribution in [0.1, 0.15) is 45.1 Å². The smallest absolute Gasteiger partial charge is 0.178 e. The fourth-order valence-electron chi connectivity index (χ4n) is 3.56. The van der Waals surface area contributed by atoms with E-state index < -0.39 is 0 Å². The number of aromatic amines is 1. The van der Waals surface area contributed by atoms with Crippen LogP contribution in [0.4, 0.5) is 0 Å². The van der Waals surface area contributed by atoms with Gasteiger partial charge in [0.1, 0.15) is 5.75 Å². The molecule has 0 saturated heterocycles. The summed E-state index contributed by atoms with van der Waals surface area (Å²) < 4.78 is 8.55. The van der Waals surface area contributed by atoms with Crippen molar-refractivity contribution in [2.45, 2.75) is 45.1 Å². The molecule has 1 saturated carbocycles. The molecule has 1 aromatic heterocycles. The van der Waals surface area contributed by atoms with Crippen LogP contribution in [0.3, 0.4) is 0 Å². The van der Waals surface area contributed by atoms with Crippen molar-refractivity contribution >= 4 is 23.3 Å². The third kappa shape index (κ3) is 2.26. The Bertz CT molecular complexity index is 658. The lowest BCUT2D eigenvalue weighted by atomic mass is 9.82. The molecule has 3 nitrogen and oxygen atoms in total. The average Bonchev–Trinajstić information content (AvgIpc) is 2.81. The first kappa shape index (κ1) is 13.7. The van der Waals surface area contributed by atoms with E-state index >= 15 is 0 Å². The Hall–Kier alpha value is -1.29. The van der Waals surface area contributed by atoms with Crippen molar-refractivity contribution in [3.8, 4) is 5.75 Å². The number of hydrogen-bond acceptors (Lipinski definition) is 2. The van der Waals surface area contributed by atoms with E-state index in [9.17, 15) is 0 Å². The summed E-state index contributed by atoms with van der Waals surface area (Å²) in [5.74, 6) is 1.63. The fraction of sp³-hybridized carbons (Fsp3) is 0.562. The number of nitrogens with zero attached hydrogens (tertiary/aromatic N) is 1. The molecule has 4 heteroatoms. The highest BCUT2D eigenvalue weighted by atomic mass is 32.1. The molecule has 20 heavy (non-hydrogen) atoms. The SMILES string of the molecule is CCC1CCCCC1n1c(=S)[nH]c2ccc(OC)cc21. The number of rotatable bonds is 3. The molecule has 1 aromatic carbocycles. The Kier molecular flexibility index (Phi) is 3.83. The van der Waals surface area contributed by atoms with E-state index in [1.165, 1.54) is 37.6 Å². The number of H-pyrrole nitrogens is 1. The molecule has 0 radical (unpaired) electrons. The zero-order valence-corrected chi connectivity index (χ0v) is 13.0. The highest BCUT2D eigenvalue weighted by Crippen LogP contribution is 2.38. The second kappa shape index (κ2) is 5.60. The summed E-state index contributed by atoms with van der Waals surface area (Å²) in [4.78, 5) is 3.34. The molecular weight excluding hydrogens is 268 g/mol. The first-order valence-electron chi connectivity index (χ1n) is 7.53. The van der Waals surface area contributed by atoms with Gasteiger partial charge in [0, 0.05) is 12.1 Å². The molecule has 1 N–H and O–H groups in total. The number of ether oxygens (including phenoxy) is 1. The highest BCUT2D eigenvalue weighted by molar-refractivity contribution is 7.71. The van der Waals surface area contributed by atoms with E-state index in [2.05, 4.69) is 28.6 Å². The molecule has 2 atom stereocenters. The van der Waals surface area contributed by atoms with Crippen molar-refractivity contribution in [2.24, 2.45) is 5.92 Å². The van der Waals surface area contributed by atoms with Crippen molar-refractivity contribution in [2.75, 3.05) is 7.11 Å². The molecule has 108 valence electrons. The minimum Gasteiger partial charge on any atom is -0.497 e. The Morgan fingerprint density at radius 3 is 2.90 bits per heavy atom. The number of fused-ring (bicyclic) bond motifs is 1. The van der Waals surface area contributed by atoms with Crippen molar-refractivity contribution in [1.29, 1.82) is 0 Å². The van der Waals surface area contributed by atoms with Gasteiger partial charge >= 0.3 is 0 Å². The molecule has 2 unspecified atom stereocenters. The number of hydrogen-bond donors (Lipinski definition) is 1. The van der Waals surface area contributed by atoms with Crippen LogP contribution >= 0.6 is 12.2 Å². The maximum Gasteiger partial charge on any atom is 0.178 e. The van der Waals surface area contributed by atoms with Crippen molar-refractivity contribution < 1.29 is 4.74 Å². The summed E-state index contributed by atoms with van der Waals surface area (Å²) in [5, 5.41) is 0. The molecular formula is C16H22N2OS. The zero-order valence-electron chi connectivity index (χ0n) is 12.2. The number of aromatic nitrogens is 2. The second-order valence-corrected chi connectivity index (χ2v) is 6.09. The quantitative estimate of drug-likeness (QED) is 0.819. The van der Waals surface area contributed by atoms with Gasteiger partial charge in [-0.3, -0.25) is 0 Å². The predicted molar refractivity (Wildman–Crippen MR) is 85.0 cm³/mol. The largest absolute Gasteiger partial charge is 0.497 e. The standard InChI is InChI=1S/C16H22N2OS/c1-3-11-6-4-5-7-14(11)18-15-10-12(19-2)8-9-13(15)17-16(18)20/h8-11,14H,3-7H2,1-2H3,(H,17,20). The predicted octanol–water partition coefficient (Wildman–Crippen LogP) is 4.85. The van der Waals surface area contributed by atoms with Gasteiger partial charge in [0.25, 0.3) is 0 Å². The van der Waals surface area contributed by atoms with Gasteiger partial charge in [0.15, 0.2) is 4.77 Å². The van der Waals surface area contributed by atoms with Gasteiger partial charge in [-0.2, -0.15) is 0 Å². The monoisotopic (exact) mass is 290 g/mol. The van der Waals surface area contributed by atoms with Gasteiger partial charge < -0.3 is 14.3 Å². The Morgan fingerprint density at radius 1 is 1.35 bits per heavy atom. The van der Waals surface area contributed by atoms with Crippen molar-refractivity contribution in [3.63, 3.8) is 0 Å². The third-order valence-corrected chi connectivity index (χ3v) is 4.95. The van der Waals surface area contributed by atoms with Crippen LogP contribution in [0.2, 0.25) is 0 Å². The molecule has 1 heterocycles. The van der Waals surface area contributed by atoms with Gasteiger partial charge in [-0.1, -0.05) is 26.2 Å². The summed E-state index contributed by atoms with van der Waals surface area (Å²) in [7, 11) is 1.71. The minimum atomic E-state index is 0.530. The van der Waals surface area contributed by atoms with E-state index in [4.69, 9.17) is 17.0 Å². The highest BCUT2D eigenvalue weighted by Gasteiger charge is 2.27. The van der Waals surface area contributed by atoms with Crippen LogP contribution in [0.15, 0.2) is 18.2 Å². The molecule has 0 spiro atoms. The van der Waals surface area contributed by atoms with Crippen LogP contribution in [-0.2, 0) is 0 Å². The fourth-order valence-corrected chi connectivity index (χ4v) is 3.91. The Morgan fingerprint density at radius 2 is 2.15 bits per heavy atom. The van der Waals surface area contributed by atoms with Gasteiger partial charge in [0.05, 0.1) is 18.1 Å².